The van der Waals surface area contributed by atoms with Gasteiger partial charge in [-0.2, -0.15) is 0 Å². The molecule has 7 aromatic carbocycles. The van der Waals surface area contributed by atoms with Crippen LogP contribution in [0.3, 0.4) is 0 Å². The predicted octanol–water partition coefficient (Wildman–Crippen LogP) is 13.0. The molecule has 8 aromatic rings. The van der Waals surface area contributed by atoms with Crippen LogP contribution in [0.5, 0.6) is 0 Å². The summed E-state index contributed by atoms with van der Waals surface area (Å²) in [6, 6.07) is 58.3. The monoisotopic (exact) mass is 604 g/mol. The molecule has 0 unspecified atom stereocenters. The Morgan fingerprint density at radius 3 is 1.65 bits per heavy atom. The van der Waals surface area contributed by atoms with Crippen LogP contribution in [0.4, 0.5) is 0 Å². The zero-order valence-corrected chi connectivity index (χ0v) is 26.7. The maximum Gasteiger partial charge on any atom is 0.0355 e. The number of benzene rings is 7. The van der Waals surface area contributed by atoms with Crippen molar-refractivity contribution in [2.75, 3.05) is 0 Å². The van der Waals surface area contributed by atoms with Gasteiger partial charge >= 0.3 is 0 Å². The molecule has 0 spiro atoms. The van der Waals surface area contributed by atoms with Crippen molar-refractivity contribution in [1.29, 1.82) is 0 Å². The van der Waals surface area contributed by atoms with E-state index in [1.54, 1.807) is 0 Å². The summed E-state index contributed by atoms with van der Waals surface area (Å²) in [6.45, 7) is 4.79. The Labute approximate surface area is 274 Å². The van der Waals surface area contributed by atoms with Gasteiger partial charge in [0, 0.05) is 25.6 Å². The lowest BCUT2D eigenvalue weighted by atomic mass is 9.77. The summed E-state index contributed by atoms with van der Waals surface area (Å²) in [5, 5.41) is 2.67. The van der Waals surface area contributed by atoms with Gasteiger partial charge in [0.1, 0.15) is 0 Å². The van der Waals surface area contributed by atoms with Crippen LogP contribution in [0.15, 0.2) is 158 Å². The van der Waals surface area contributed by atoms with Crippen LogP contribution in [-0.2, 0) is 5.41 Å². The van der Waals surface area contributed by atoms with Gasteiger partial charge in [0.05, 0.1) is 0 Å². The Balaban J connectivity index is 1.36. The zero-order valence-electron chi connectivity index (χ0n) is 25.9. The number of hydrogen-bond donors (Lipinski definition) is 0. The Morgan fingerprint density at radius 2 is 0.935 bits per heavy atom. The summed E-state index contributed by atoms with van der Waals surface area (Å²) >= 11 is 1.87. The van der Waals surface area contributed by atoms with E-state index < -0.39 is 0 Å². The molecule has 0 fully saturated rings. The van der Waals surface area contributed by atoms with Crippen molar-refractivity contribution >= 4 is 31.5 Å². The van der Waals surface area contributed by atoms with Gasteiger partial charge in [-0.05, 0) is 97.1 Å². The molecule has 0 nitrogen and oxygen atoms in total. The van der Waals surface area contributed by atoms with Gasteiger partial charge in [-0.1, -0.05) is 141 Å². The minimum absolute atomic E-state index is 0.154. The summed E-state index contributed by atoms with van der Waals surface area (Å²) in [6.07, 6.45) is 0. The summed E-state index contributed by atoms with van der Waals surface area (Å²) in [4.78, 5) is 0. The second-order valence-corrected chi connectivity index (χ2v) is 14.0. The van der Waals surface area contributed by atoms with Gasteiger partial charge in [0.25, 0.3) is 0 Å². The smallest absolute Gasteiger partial charge is 0.0355 e. The number of hydrogen-bond acceptors (Lipinski definition) is 1. The van der Waals surface area contributed by atoms with Gasteiger partial charge in [-0.25, -0.2) is 0 Å². The fraction of sp³-hybridized carbons (Fsp3) is 0.0667. The van der Waals surface area contributed by atoms with E-state index in [1.165, 1.54) is 86.9 Å². The van der Waals surface area contributed by atoms with Crippen molar-refractivity contribution in [2.24, 2.45) is 0 Å². The van der Waals surface area contributed by atoms with Crippen molar-refractivity contribution < 1.29 is 0 Å². The molecule has 0 aliphatic heterocycles. The quantitative estimate of drug-likeness (QED) is 0.187. The van der Waals surface area contributed by atoms with E-state index in [0.29, 0.717) is 0 Å². The van der Waals surface area contributed by atoms with Gasteiger partial charge in [-0.15, -0.1) is 11.3 Å². The topological polar surface area (TPSA) is 0 Å². The highest BCUT2D eigenvalue weighted by Crippen LogP contribution is 2.57. The molecule has 1 aliphatic carbocycles. The van der Waals surface area contributed by atoms with E-state index in [1.807, 2.05) is 11.3 Å². The van der Waals surface area contributed by atoms with Crippen LogP contribution in [-0.4, -0.2) is 0 Å². The van der Waals surface area contributed by atoms with E-state index in [9.17, 15) is 0 Å². The highest BCUT2D eigenvalue weighted by molar-refractivity contribution is 7.25. The minimum atomic E-state index is -0.154. The molecule has 0 N–H and O–H groups in total. The van der Waals surface area contributed by atoms with Crippen molar-refractivity contribution in [1.82, 2.24) is 0 Å². The largest absolute Gasteiger partial charge is 0.135 e. The molecule has 0 atom stereocenters. The standard InChI is InChI=1S/C45H32S/c1-45(2)38-24-22-32(33-23-25-41-36(26-33)34-20-12-13-21-40(34)46-41)27-37(38)44-39(45)28-35(29-14-6-3-7-15-29)42(30-16-8-4-9-17-30)43(44)31-18-10-5-11-19-31/h3-28H,1-2H3. The molecule has 1 aromatic heterocycles. The lowest BCUT2D eigenvalue weighted by Gasteiger charge is -2.25. The molecular formula is C45H32S. The summed E-state index contributed by atoms with van der Waals surface area (Å²) in [5.74, 6) is 0. The first-order chi connectivity index (χ1) is 22.6. The van der Waals surface area contributed by atoms with E-state index in [-0.39, 0.29) is 5.41 Å². The maximum atomic E-state index is 2.49. The fourth-order valence-corrected chi connectivity index (χ4v) is 8.71. The van der Waals surface area contributed by atoms with Crippen LogP contribution in [0.1, 0.15) is 25.0 Å². The van der Waals surface area contributed by atoms with E-state index in [4.69, 9.17) is 0 Å². The first-order valence-electron chi connectivity index (χ1n) is 16.0. The summed E-state index contributed by atoms with van der Waals surface area (Å²) in [7, 11) is 0. The Morgan fingerprint density at radius 1 is 0.370 bits per heavy atom. The molecule has 0 saturated heterocycles. The highest BCUT2D eigenvalue weighted by Gasteiger charge is 2.39. The van der Waals surface area contributed by atoms with Crippen LogP contribution in [0.25, 0.3) is 75.8 Å². The van der Waals surface area contributed by atoms with Crippen LogP contribution in [0, 0.1) is 0 Å². The lowest BCUT2D eigenvalue weighted by molar-refractivity contribution is 0.661. The van der Waals surface area contributed by atoms with E-state index in [0.717, 1.165) is 0 Å². The Kier molecular flexibility index (Phi) is 6.13. The molecule has 218 valence electrons. The van der Waals surface area contributed by atoms with Crippen molar-refractivity contribution in [3.8, 4) is 55.6 Å². The molecule has 1 heterocycles. The van der Waals surface area contributed by atoms with Crippen molar-refractivity contribution in [2.45, 2.75) is 19.3 Å². The number of rotatable bonds is 4. The molecule has 0 radical (unpaired) electrons. The van der Waals surface area contributed by atoms with Gasteiger partial charge in [0.15, 0.2) is 0 Å². The molecule has 9 rings (SSSR count). The number of thiophene rings is 1. The molecular weight excluding hydrogens is 573 g/mol. The first-order valence-corrected chi connectivity index (χ1v) is 16.8. The molecule has 0 saturated carbocycles. The van der Waals surface area contributed by atoms with Crippen molar-refractivity contribution in [3.05, 3.63) is 169 Å². The molecule has 0 bridgehead atoms. The Hall–Kier alpha value is -5.24. The van der Waals surface area contributed by atoms with E-state index >= 15 is 0 Å². The van der Waals surface area contributed by atoms with Crippen LogP contribution in [0.2, 0.25) is 0 Å². The zero-order chi connectivity index (χ0) is 30.8. The second-order valence-electron chi connectivity index (χ2n) is 12.9. The van der Waals surface area contributed by atoms with Crippen LogP contribution < -0.4 is 0 Å². The Bertz CT molecular complexity index is 2410. The molecule has 0 amide bonds. The summed E-state index contributed by atoms with van der Waals surface area (Å²) < 4.78 is 2.68. The highest BCUT2D eigenvalue weighted by atomic mass is 32.1. The summed E-state index contributed by atoms with van der Waals surface area (Å²) in [5.41, 5.74) is 15.4. The van der Waals surface area contributed by atoms with Crippen molar-refractivity contribution in [3.63, 3.8) is 0 Å². The minimum Gasteiger partial charge on any atom is -0.135 e. The van der Waals surface area contributed by atoms with Gasteiger partial charge in [-0.3, -0.25) is 0 Å². The maximum absolute atomic E-state index is 2.49. The van der Waals surface area contributed by atoms with Gasteiger partial charge < -0.3 is 0 Å². The molecule has 46 heavy (non-hydrogen) atoms. The third-order valence-electron chi connectivity index (χ3n) is 9.88. The second kappa shape index (κ2) is 10.4. The third-order valence-corrected chi connectivity index (χ3v) is 11.0. The lowest BCUT2D eigenvalue weighted by Crippen LogP contribution is -2.15. The molecule has 1 heteroatoms. The normalized spacial score (nSPS) is 13.2. The van der Waals surface area contributed by atoms with E-state index in [2.05, 4.69) is 172 Å². The average molecular weight is 605 g/mol. The van der Waals surface area contributed by atoms with Crippen LogP contribution >= 0.6 is 11.3 Å². The van der Waals surface area contributed by atoms with Gasteiger partial charge in [0.2, 0.25) is 0 Å². The molecule has 1 aliphatic rings. The number of fused-ring (bicyclic) bond motifs is 6. The average Bonchev–Trinajstić information content (AvgIpc) is 3.59. The SMILES string of the molecule is CC1(C)c2ccc(-c3ccc4sc5ccccc5c4c3)cc2-c2c1cc(-c1ccccc1)c(-c1ccccc1)c2-c1ccccc1. The fourth-order valence-electron chi connectivity index (χ4n) is 7.63. The predicted molar refractivity (Wildman–Crippen MR) is 199 cm³/mol. The first kappa shape index (κ1) is 27.1. The third kappa shape index (κ3) is 4.12.